The van der Waals surface area contributed by atoms with Crippen LogP contribution in [0, 0.1) is 0 Å². The molecule has 0 aromatic heterocycles. The molecule has 1 aromatic carbocycles. The molecule has 1 fully saturated rings. The third kappa shape index (κ3) is 5.43. The zero-order valence-corrected chi connectivity index (χ0v) is 14.1. The number of hydrogen-bond acceptors (Lipinski definition) is 3. The molecule has 2 rings (SSSR count). The van der Waals surface area contributed by atoms with Crippen molar-refractivity contribution < 1.29 is 9.47 Å². The van der Waals surface area contributed by atoms with Gasteiger partial charge in [0.25, 0.3) is 0 Å². The van der Waals surface area contributed by atoms with Crippen LogP contribution >= 0.6 is 15.9 Å². The van der Waals surface area contributed by atoms with Crippen molar-refractivity contribution in [3.8, 4) is 5.75 Å². The minimum atomic E-state index is 0.148. The Balaban J connectivity index is 1.69. The van der Waals surface area contributed by atoms with E-state index in [-0.39, 0.29) is 11.6 Å². The van der Waals surface area contributed by atoms with Crippen LogP contribution in [0.2, 0.25) is 0 Å². The molecule has 1 heterocycles. The molecule has 1 N–H and O–H groups in total. The van der Waals surface area contributed by atoms with E-state index in [1.165, 1.54) is 0 Å². The average Bonchev–Trinajstić information content (AvgIpc) is 2.83. The summed E-state index contributed by atoms with van der Waals surface area (Å²) in [6, 6.07) is 7.91. The Hall–Kier alpha value is -0.580. The van der Waals surface area contributed by atoms with Crippen LogP contribution in [0.25, 0.3) is 0 Å². The Labute approximate surface area is 130 Å². The molecule has 0 bridgehead atoms. The fraction of sp³-hybridized carbons (Fsp3) is 0.625. The molecule has 4 heteroatoms. The fourth-order valence-corrected chi connectivity index (χ4v) is 2.46. The first-order valence-corrected chi connectivity index (χ1v) is 8.00. The van der Waals surface area contributed by atoms with Crippen LogP contribution in [-0.2, 0) is 4.74 Å². The summed E-state index contributed by atoms with van der Waals surface area (Å²) >= 11 is 3.42. The molecule has 0 amide bonds. The molecule has 0 radical (unpaired) electrons. The quantitative estimate of drug-likeness (QED) is 0.884. The van der Waals surface area contributed by atoms with Gasteiger partial charge >= 0.3 is 0 Å². The van der Waals surface area contributed by atoms with E-state index in [0.717, 1.165) is 29.6 Å². The molecular weight excluding hydrogens is 318 g/mol. The van der Waals surface area contributed by atoms with Crippen molar-refractivity contribution in [2.75, 3.05) is 13.2 Å². The third-order valence-electron chi connectivity index (χ3n) is 3.31. The molecular formula is C16H24BrNO2. The van der Waals surface area contributed by atoms with Crippen LogP contribution in [0.5, 0.6) is 5.75 Å². The summed E-state index contributed by atoms with van der Waals surface area (Å²) in [6.07, 6.45) is 2.71. The van der Waals surface area contributed by atoms with Crippen molar-refractivity contribution in [1.29, 1.82) is 0 Å². The maximum atomic E-state index is 6.01. The van der Waals surface area contributed by atoms with Gasteiger partial charge in [0, 0.05) is 16.6 Å². The van der Waals surface area contributed by atoms with Gasteiger partial charge in [-0.05, 0) is 57.9 Å². The lowest BCUT2D eigenvalue weighted by molar-refractivity contribution is 0.0162. The monoisotopic (exact) mass is 341 g/mol. The third-order valence-corrected chi connectivity index (χ3v) is 3.83. The average molecular weight is 342 g/mol. The lowest BCUT2D eigenvalue weighted by Crippen LogP contribution is -2.41. The van der Waals surface area contributed by atoms with E-state index >= 15 is 0 Å². The largest absolute Gasteiger partial charge is 0.491 e. The van der Waals surface area contributed by atoms with E-state index in [2.05, 4.69) is 42.0 Å². The van der Waals surface area contributed by atoms with E-state index < -0.39 is 0 Å². The first-order valence-electron chi connectivity index (χ1n) is 7.21. The van der Waals surface area contributed by atoms with Gasteiger partial charge in [-0.25, -0.2) is 0 Å². The lowest BCUT2D eigenvalue weighted by Gasteiger charge is -2.23. The van der Waals surface area contributed by atoms with Gasteiger partial charge in [0.05, 0.1) is 12.2 Å². The van der Waals surface area contributed by atoms with Gasteiger partial charge in [0.15, 0.2) is 0 Å². The van der Waals surface area contributed by atoms with Gasteiger partial charge < -0.3 is 14.8 Å². The van der Waals surface area contributed by atoms with Gasteiger partial charge in [0.2, 0.25) is 0 Å². The SMILES string of the molecule is CC(C)(C)NCC1CCC(COc2ccc(Br)cc2)O1. The van der Waals surface area contributed by atoms with Crippen molar-refractivity contribution in [3.05, 3.63) is 28.7 Å². The van der Waals surface area contributed by atoms with Crippen LogP contribution in [0.4, 0.5) is 0 Å². The van der Waals surface area contributed by atoms with Crippen LogP contribution in [-0.4, -0.2) is 30.9 Å². The minimum Gasteiger partial charge on any atom is -0.491 e. The summed E-state index contributed by atoms with van der Waals surface area (Å²) in [5.74, 6) is 0.896. The summed E-state index contributed by atoms with van der Waals surface area (Å²) in [7, 11) is 0. The van der Waals surface area contributed by atoms with Crippen LogP contribution in [0.15, 0.2) is 28.7 Å². The maximum Gasteiger partial charge on any atom is 0.119 e. The maximum absolute atomic E-state index is 6.01. The minimum absolute atomic E-state index is 0.148. The number of rotatable bonds is 5. The van der Waals surface area contributed by atoms with Gasteiger partial charge in [-0.2, -0.15) is 0 Å². The molecule has 20 heavy (non-hydrogen) atoms. The van der Waals surface area contributed by atoms with Crippen molar-refractivity contribution in [1.82, 2.24) is 5.32 Å². The molecule has 0 aliphatic carbocycles. The Morgan fingerprint density at radius 2 is 1.85 bits per heavy atom. The molecule has 1 saturated heterocycles. The second-order valence-electron chi connectivity index (χ2n) is 6.35. The summed E-state index contributed by atoms with van der Waals surface area (Å²) in [6.45, 7) is 8.08. The highest BCUT2D eigenvalue weighted by Gasteiger charge is 2.26. The van der Waals surface area contributed by atoms with Gasteiger partial charge in [-0.3, -0.25) is 0 Å². The van der Waals surface area contributed by atoms with Crippen molar-refractivity contribution in [2.45, 2.75) is 51.4 Å². The van der Waals surface area contributed by atoms with E-state index in [9.17, 15) is 0 Å². The van der Waals surface area contributed by atoms with E-state index in [0.29, 0.717) is 12.7 Å². The molecule has 112 valence electrons. The number of halogens is 1. The number of benzene rings is 1. The van der Waals surface area contributed by atoms with Gasteiger partial charge in [0.1, 0.15) is 12.4 Å². The predicted octanol–water partition coefficient (Wildman–Crippen LogP) is 3.76. The smallest absolute Gasteiger partial charge is 0.119 e. The molecule has 1 aliphatic rings. The Kier molecular flexibility index (Phi) is 5.47. The number of ether oxygens (including phenoxy) is 2. The highest BCUT2D eigenvalue weighted by molar-refractivity contribution is 9.10. The lowest BCUT2D eigenvalue weighted by atomic mass is 10.1. The fourth-order valence-electron chi connectivity index (χ4n) is 2.19. The zero-order valence-electron chi connectivity index (χ0n) is 12.5. The van der Waals surface area contributed by atoms with Crippen molar-refractivity contribution >= 4 is 15.9 Å². The molecule has 1 aliphatic heterocycles. The van der Waals surface area contributed by atoms with Crippen molar-refractivity contribution in [3.63, 3.8) is 0 Å². The first kappa shape index (κ1) is 15.8. The molecule has 0 spiro atoms. The highest BCUT2D eigenvalue weighted by atomic mass is 79.9. The Bertz CT molecular complexity index is 413. The normalized spacial score (nSPS) is 23.0. The Morgan fingerprint density at radius 3 is 2.50 bits per heavy atom. The molecule has 2 unspecified atom stereocenters. The van der Waals surface area contributed by atoms with Crippen LogP contribution < -0.4 is 10.1 Å². The molecule has 1 aromatic rings. The second kappa shape index (κ2) is 6.92. The van der Waals surface area contributed by atoms with Crippen molar-refractivity contribution in [2.24, 2.45) is 0 Å². The topological polar surface area (TPSA) is 30.5 Å². The summed E-state index contributed by atoms with van der Waals surface area (Å²) in [5, 5.41) is 3.49. The van der Waals surface area contributed by atoms with Gasteiger partial charge in [-0.15, -0.1) is 0 Å². The number of hydrogen-bond donors (Lipinski definition) is 1. The second-order valence-corrected chi connectivity index (χ2v) is 7.27. The predicted molar refractivity (Wildman–Crippen MR) is 85.3 cm³/mol. The molecule has 3 nitrogen and oxygen atoms in total. The molecule has 0 saturated carbocycles. The molecule has 2 atom stereocenters. The number of nitrogens with one attached hydrogen (secondary N) is 1. The standard InChI is InChI=1S/C16H24BrNO2/c1-16(2,3)18-10-14-8-9-15(20-14)11-19-13-6-4-12(17)5-7-13/h4-7,14-15,18H,8-11H2,1-3H3. The summed E-state index contributed by atoms with van der Waals surface area (Å²) in [5.41, 5.74) is 0.148. The van der Waals surface area contributed by atoms with E-state index in [1.807, 2.05) is 24.3 Å². The van der Waals surface area contributed by atoms with Crippen LogP contribution in [0.1, 0.15) is 33.6 Å². The van der Waals surface area contributed by atoms with E-state index in [1.54, 1.807) is 0 Å². The summed E-state index contributed by atoms with van der Waals surface area (Å²) in [4.78, 5) is 0. The zero-order chi connectivity index (χ0) is 14.6. The van der Waals surface area contributed by atoms with Gasteiger partial charge in [-0.1, -0.05) is 15.9 Å². The first-order chi connectivity index (χ1) is 9.42. The van der Waals surface area contributed by atoms with Crippen LogP contribution in [0.3, 0.4) is 0 Å². The Morgan fingerprint density at radius 1 is 1.20 bits per heavy atom. The summed E-state index contributed by atoms with van der Waals surface area (Å²) < 4.78 is 12.8. The highest BCUT2D eigenvalue weighted by Crippen LogP contribution is 2.22. The van der Waals surface area contributed by atoms with E-state index in [4.69, 9.17) is 9.47 Å².